The van der Waals surface area contributed by atoms with Gasteiger partial charge in [-0.15, -0.1) is 11.3 Å². The second kappa shape index (κ2) is 7.37. The number of para-hydroxylation sites is 1. The Labute approximate surface area is 155 Å². The first-order valence-corrected chi connectivity index (χ1v) is 9.21. The smallest absolute Gasteiger partial charge is 0.230 e. The Morgan fingerprint density at radius 1 is 0.962 bits per heavy atom. The first kappa shape index (κ1) is 16.3. The highest BCUT2D eigenvalue weighted by molar-refractivity contribution is 7.10. The number of anilines is 1. The molecule has 0 bridgehead atoms. The van der Waals surface area contributed by atoms with E-state index in [4.69, 9.17) is 5.10 Å². The van der Waals surface area contributed by atoms with Gasteiger partial charge in [0.2, 0.25) is 5.91 Å². The lowest BCUT2D eigenvalue weighted by molar-refractivity contribution is -0.115. The summed E-state index contributed by atoms with van der Waals surface area (Å²) >= 11 is 1.58. The third kappa shape index (κ3) is 3.58. The molecule has 4 nitrogen and oxygen atoms in total. The van der Waals surface area contributed by atoms with Crippen LogP contribution in [0.25, 0.3) is 16.9 Å². The summed E-state index contributed by atoms with van der Waals surface area (Å²) in [5.74, 6) is 0.612. The highest BCUT2D eigenvalue weighted by Gasteiger charge is 2.14. The number of nitrogens with zero attached hydrogens (tertiary/aromatic N) is 2. The molecule has 0 atom stereocenters. The standard InChI is InChI=1S/C21H17N3OS/c25-21(14-18-12-7-13-26-18)22-20-15-19(16-8-3-1-4-9-16)23-24(20)17-10-5-2-6-11-17/h1-13,15H,14H2,(H,22,25). The molecule has 4 aromatic rings. The molecule has 1 N–H and O–H groups in total. The van der Waals surface area contributed by atoms with E-state index in [1.54, 1.807) is 16.0 Å². The Morgan fingerprint density at radius 2 is 1.69 bits per heavy atom. The van der Waals surface area contributed by atoms with Crippen molar-refractivity contribution in [3.63, 3.8) is 0 Å². The van der Waals surface area contributed by atoms with Crippen molar-refractivity contribution in [2.45, 2.75) is 6.42 Å². The number of rotatable bonds is 5. The summed E-state index contributed by atoms with van der Waals surface area (Å²) in [5.41, 5.74) is 2.73. The lowest BCUT2D eigenvalue weighted by Gasteiger charge is -2.08. The number of carbonyl (C=O) groups excluding carboxylic acids is 1. The largest absolute Gasteiger partial charge is 0.310 e. The highest BCUT2D eigenvalue weighted by atomic mass is 32.1. The SMILES string of the molecule is O=C(Cc1cccs1)Nc1cc(-c2ccccc2)nn1-c1ccccc1. The van der Waals surface area contributed by atoms with E-state index in [9.17, 15) is 4.79 Å². The van der Waals surface area contributed by atoms with Crippen LogP contribution in [-0.2, 0) is 11.2 Å². The molecule has 0 saturated heterocycles. The summed E-state index contributed by atoms with van der Waals surface area (Å²) < 4.78 is 1.77. The van der Waals surface area contributed by atoms with Gasteiger partial charge in [0.05, 0.1) is 17.8 Å². The molecule has 5 heteroatoms. The minimum Gasteiger partial charge on any atom is -0.310 e. The van der Waals surface area contributed by atoms with Gasteiger partial charge in [0.25, 0.3) is 0 Å². The number of benzene rings is 2. The lowest BCUT2D eigenvalue weighted by Crippen LogP contribution is -2.16. The fourth-order valence-corrected chi connectivity index (χ4v) is 3.45. The Hall–Kier alpha value is -3.18. The average Bonchev–Trinajstić information content (AvgIpc) is 3.33. The van der Waals surface area contributed by atoms with Gasteiger partial charge in [0.1, 0.15) is 5.82 Å². The summed E-state index contributed by atoms with van der Waals surface area (Å²) in [5, 5.41) is 9.69. The van der Waals surface area contributed by atoms with Gasteiger partial charge in [-0.1, -0.05) is 54.6 Å². The minimum atomic E-state index is -0.0517. The molecular formula is C21H17N3OS. The van der Waals surface area contributed by atoms with Crippen molar-refractivity contribution in [2.75, 3.05) is 5.32 Å². The van der Waals surface area contributed by atoms with E-state index in [0.717, 1.165) is 21.8 Å². The third-order valence-electron chi connectivity index (χ3n) is 3.96. The number of hydrogen-bond acceptors (Lipinski definition) is 3. The van der Waals surface area contributed by atoms with Crippen molar-refractivity contribution in [1.82, 2.24) is 9.78 Å². The first-order valence-electron chi connectivity index (χ1n) is 8.33. The summed E-state index contributed by atoms with van der Waals surface area (Å²) in [7, 11) is 0. The molecule has 2 aromatic carbocycles. The van der Waals surface area contributed by atoms with Crippen molar-refractivity contribution in [3.05, 3.63) is 89.1 Å². The van der Waals surface area contributed by atoms with E-state index >= 15 is 0 Å². The van der Waals surface area contributed by atoms with Crippen LogP contribution < -0.4 is 5.32 Å². The van der Waals surface area contributed by atoms with Crippen LogP contribution >= 0.6 is 11.3 Å². The van der Waals surface area contributed by atoms with E-state index in [1.807, 2.05) is 84.2 Å². The minimum absolute atomic E-state index is 0.0517. The van der Waals surface area contributed by atoms with Gasteiger partial charge in [-0.05, 0) is 23.6 Å². The zero-order chi connectivity index (χ0) is 17.8. The van der Waals surface area contributed by atoms with Crippen LogP contribution in [0.4, 0.5) is 5.82 Å². The molecule has 0 spiro atoms. The number of hydrogen-bond donors (Lipinski definition) is 1. The third-order valence-corrected chi connectivity index (χ3v) is 4.84. The topological polar surface area (TPSA) is 46.9 Å². The number of aromatic nitrogens is 2. The van der Waals surface area contributed by atoms with Gasteiger partial charge in [0, 0.05) is 16.5 Å². The molecule has 26 heavy (non-hydrogen) atoms. The molecule has 2 aromatic heterocycles. The van der Waals surface area contributed by atoms with Gasteiger partial charge in [-0.2, -0.15) is 5.10 Å². The Balaban J connectivity index is 1.67. The lowest BCUT2D eigenvalue weighted by atomic mass is 10.1. The van der Waals surface area contributed by atoms with Gasteiger partial charge in [-0.25, -0.2) is 4.68 Å². The molecule has 0 aliphatic rings. The van der Waals surface area contributed by atoms with Gasteiger partial charge < -0.3 is 5.32 Å². The van der Waals surface area contributed by atoms with Crippen molar-refractivity contribution in [3.8, 4) is 16.9 Å². The van der Waals surface area contributed by atoms with E-state index in [-0.39, 0.29) is 5.91 Å². The molecule has 0 fully saturated rings. The molecule has 0 radical (unpaired) electrons. The van der Waals surface area contributed by atoms with Gasteiger partial charge in [-0.3, -0.25) is 4.79 Å². The zero-order valence-corrected chi connectivity index (χ0v) is 14.8. The van der Waals surface area contributed by atoms with Gasteiger partial charge >= 0.3 is 0 Å². The molecule has 4 rings (SSSR count). The highest BCUT2D eigenvalue weighted by Crippen LogP contribution is 2.25. The maximum absolute atomic E-state index is 12.5. The molecule has 128 valence electrons. The van der Waals surface area contributed by atoms with Crippen molar-refractivity contribution >= 4 is 23.1 Å². The maximum Gasteiger partial charge on any atom is 0.230 e. The van der Waals surface area contributed by atoms with E-state index in [1.165, 1.54) is 0 Å². The predicted molar refractivity (Wildman–Crippen MR) is 106 cm³/mol. The second-order valence-electron chi connectivity index (χ2n) is 5.83. The van der Waals surface area contributed by atoms with Crippen molar-refractivity contribution in [2.24, 2.45) is 0 Å². The number of thiophene rings is 1. The van der Waals surface area contributed by atoms with Gasteiger partial charge in [0.15, 0.2) is 0 Å². The van der Waals surface area contributed by atoms with E-state index < -0.39 is 0 Å². The zero-order valence-electron chi connectivity index (χ0n) is 14.0. The second-order valence-corrected chi connectivity index (χ2v) is 6.86. The summed E-state index contributed by atoms with van der Waals surface area (Å²) in [6, 6.07) is 25.6. The van der Waals surface area contributed by atoms with Crippen LogP contribution in [0.15, 0.2) is 84.2 Å². The van der Waals surface area contributed by atoms with E-state index in [0.29, 0.717) is 12.2 Å². The van der Waals surface area contributed by atoms with Crippen LogP contribution in [0.3, 0.4) is 0 Å². The molecule has 2 heterocycles. The monoisotopic (exact) mass is 359 g/mol. The number of carbonyl (C=O) groups is 1. The normalized spacial score (nSPS) is 10.6. The molecule has 0 aliphatic carbocycles. The van der Waals surface area contributed by atoms with Crippen LogP contribution in [0, 0.1) is 0 Å². The van der Waals surface area contributed by atoms with Crippen LogP contribution in [0.5, 0.6) is 0 Å². The quantitative estimate of drug-likeness (QED) is 0.557. The molecular weight excluding hydrogens is 342 g/mol. The average molecular weight is 359 g/mol. The van der Waals surface area contributed by atoms with Crippen LogP contribution in [0.2, 0.25) is 0 Å². The molecule has 0 aliphatic heterocycles. The van der Waals surface area contributed by atoms with Crippen LogP contribution in [-0.4, -0.2) is 15.7 Å². The number of nitrogens with one attached hydrogen (secondary N) is 1. The fraction of sp³-hybridized carbons (Fsp3) is 0.0476. The molecule has 0 saturated carbocycles. The molecule has 1 amide bonds. The van der Waals surface area contributed by atoms with Crippen LogP contribution in [0.1, 0.15) is 4.88 Å². The Kier molecular flexibility index (Phi) is 4.62. The summed E-state index contributed by atoms with van der Waals surface area (Å²) in [6.45, 7) is 0. The Morgan fingerprint density at radius 3 is 2.38 bits per heavy atom. The molecule has 0 unspecified atom stereocenters. The van der Waals surface area contributed by atoms with Crippen molar-refractivity contribution < 1.29 is 4.79 Å². The van der Waals surface area contributed by atoms with E-state index in [2.05, 4.69) is 5.32 Å². The Bertz CT molecular complexity index is 992. The first-order chi connectivity index (χ1) is 12.8. The summed E-state index contributed by atoms with van der Waals surface area (Å²) in [6.07, 6.45) is 0.359. The fourth-order valence-electron chi connectivity index (χ4n) is 2.74. The summed E-state index contributed by atoms with van der Waals surface area (Å²) in [4.78, 5) is 13.5. The maximum atomic E-state index is 12.5. The van der Waals surface area contributed by atoms with Crippen molar-refractivity contribution in [1.29, 1.82) is 0 Å². The predicted octanol–water partition coefficient (Wildman–Crippen LogP) is 4.78. The number of amides is 1.